The molecule has 0 aliphatic carbocycles. The van der Waals surface area contributed by atoms with E-state index in [-0.39, 0.29) is 5.82 Å². The number of anilines is 1. The Morgan fingerprint density at radius 1 is 1.60 bits per heavy atom. The Morgan fingerprint density at radius 3 is 2.96 bits per heavy atom. The van der Waals surface area contributed by atoms with Gasteiger partial charge >= 0.3 is 13.5 Å². The molecule has 0 radical (unpaired) electrons. The molecule has 140 valence electrons. The Hall–Kier alpha value is -1.29. The summed E-state index contributed by atoms with van der Waals surface area (Å²) < 4.78 is 35.0. The summed E-state index contributed by atoms with van der Waals surface area (Å²) in [5.41, 5.74) is 4.83. The van der Waals surface area contributed by atoms with Crippen molar-refractivity contribution in [2.24, 2.45) is 0 Å². The number of hydrogen-bond donors (Lipinski definition) is 2. The first-order chi connectivity index (χ1) is 11.7. The van der Waals surface area contributed by atoms with E-state index >= 15 is 0 Å². The van der Waals surface area contributed by atoms with E-state index in [0.717, 1.165) is 7.11 Å². The van der Waals surface area contributed by atoms with Gasteiger partial charge in [0.05, 0.1) is 6.61 Å². The Kier molecular flexibility index (Phi) is 4.78. The SMILES string of the molecule is CC[C@]12CCO[C@@H](C1OP(=O)(O)OC)[C@H](n1cc(C)c(N)nc1=O)O2. The van der Waals surface area contributed by atoms with Crippen LogP contribution in [0.25, 0.3) is 0 Å². The van der Waals surface area contributed by atoms with E-state index in [0.29, 0.717) is 25.0 Å². The average molecular weight is 375 g/mol. The van der Waals surface area contributed by atoms with Crippen LogP contribution in [0.15, 0.2) is 11.0 Å². The van der Waals surface area contributed by atoms with Gasteiger partial charge < -0.3 is 20.1 Å². The van der Waals surface area contributed by atoms with Crippen molar-refractivity contribution in [1.82, 2.24) is 9.55 Å². The van der Waals surface area contributed by atoms with E-state index < -0.39 is 37.5 Å². The Bertz CT molecular complexity index is 769. The third-order valence-electron chi connectivity index (χ3n) is 4.81. The van der Waals surface area contributed by atoms with Crippen molar-refractivity contribution in [3.8, 4) is 0 Å². The molecule has 0 amide bonds. The molecule has 0 saturated carbocycles. The van der Waals surface area contributed by atoms with Gasteiger partial charge in [0.1, 0.15) is 23.6 Å². The number of fused-ring (bicyclic) bond motifs is 2. The second-order valence-electron chi connectivity index (χ2n) is 6.19. The fraction of sp³-hybridized carbons (Fsp3) is 0.714. The van der Waals surface area contributed by atoms with Gasteiger partial charge in [0.25, 0.3) is 0 Å². The maximum Gasteiger partial charge on any atom is 0.472 e. The monoisotopic (exact) mass is 375 g/mol. The second-order valence-corrected chi connectivity index (χ2v) is 7.70. The topological polar surface area (TPSA) is 135 Å². The Labute approximate surface area is 144 Å². The molecule has 2 fully saturated rings. The van der Waals surface area contributed by atoms with Crippen LogP contribution in [-0.2, 0) is 23.1 Å². The maximum absolute atomic E-state index is 12.3. The standard InChI is InChI=1S/C14H22N3O7P/c1-4-14-5-6-22-9(10(14)24-25(19,20)21-3)12(23-14)17-7-8(2)11(15)16-13(17)18/h7,9-10,12H,4-6H2,1-3H3,(H,19,20)(H2,15,16,18)/t9-,10?,12+,14-/m0/s1. The van der Waals surface area contributed by atoms with Crippen LogP contribution >= 0.6 is 7.82 Å². The first-order valence-corrected chi connectivity index (χ1v) is 9.44. The van der Waals surface area contributed by atoms with Gasteiger partial charge in [0, 0.05) is 25.3 Å². The zero-order chi connectivity index (χ0) is 18.4. The highest BCUT2D eigenvalue weighted by Gasteiger charge is 2.60. The highest BCUT2D eigenvalue weighted by Crippen LogP contribution is 2.54. The van der Waals surface area contributed by atoms with Crippen molar-refractivity contribution in [1.29, 1.82) is 0 Å². The second kappa shape index (κ2) is 6.46. The smallest absolute Gasteiger partial charge is 0.383 e. The lowest BCUT2D eigenvalue weighted by atomic mass is 9.87. The maximum atomic E-state index is 12.3. The van der Waals surface area contributed by atoms with Crippen LogP contribution in [0.5, 0.6) is 0 Å². The molecule has 5 atom stereocenters. The summed E-state index contributed by atoms with van der Waals surface area (Å²) in [6, 6.07) is 0. The molecule has 10 nitrogen and oxygen atoms in total. The normalized spacial score (nSPS) is 34.0. The minimum atomic E-state index is -4.26. The first kappa shape index (κ1) is 18.5. The predicted octanol–water partition coefficient (Wildman–Crippen LogP) is 0.732. The van der Waals surface area contributed by atoms with Crippen molar-refractivity contribution in [2.75, 3.05) is 19.5 Å². The van der Waals surface area contributed by atoms with Crippen LogP contribution in [0, 0.1) is 6.92 Å². The zero-order valence-electron chi connectivity index (χ0n) is 14.2. The summed E-state index contributed by atoms with van der Waals surface area (Å²) in [4.78, 5) is 25.8. The van der Waals surface area contributed by atoms with E-state index in [1.807, 2.05) is 6.92 Å². The lowest BCUT2D eigenvalue weighted by molar-refractivity contribution is -0.120. The average Bonchev–Trinajstić information content (AvgIpc) is 2.73. The molecule has 1 aromatic rings. The van der Waals surface area contributed by atoms with Crippen molar-refractivity contribution in [2.45, 2.75) is 50.7 Å². The molecule has 2 bridgehead atoms. The first-order valence-electron chi connectivity index (χ1n) is 7.94. The Balaban J connectivity index is 2.02. The van der Waals surface area contributed by atoms with Gasteiger partial charge in [-0.1, -0.05) is 6.92 Å². The molecule has 2 unspecified atom stereocenters. The fourth-order valence-corrected chi connectivity index (χ4v) is 4.03. The summed E-state index contributed by atoms with van der Waals surface area (Å²) in [6.45, 7) is 3.98. The lowest BCUT2D eigenvalue weighted by Gasteiger charge is -2.37. The number of hydrogen-bond acceptors (Lipinski definition) is 8. The number of phosphoric ester groups is 1. The van der Waals surface area contributed by atoms with Crippen LogP contribution in [0.3, 0.4) is 0 Å². The molecular formula is C14H22N3O7P. The molecule has 25 heavy (non-hydrogen) atoms. The molecule has 3 rings (SSSR count). The number of nitrogens with zero attached hydrogens (tertiary/aromatic N) is 2. The number of nitrogens with two attached hydrogens (primary N) is 1. The molecule has 2 saturated heterocycles. The molecule has 2 aliphatic heterocycles. The van der Waals surface area contributed by atoms with E-state index in [4.69, 9.17) is 19.7 Å². The van der Waals surface area contributed by atoms with Crippen molar-refractivity contribution >= 4 is 13.6 Å². The molecule has 11 heteroatoms. The van der Waals surface area contributed by atoms with E-state index in [9.17, 15) is 14.3 Å². The van der Waals surface area contributed by atoms with Gasteiger partial charge in [-0.2, -0.15) is 4.98 Å². The van der Waals surface area contributed by atoms with Crippen LogP contribution in [0.4, 0.5) is 5.82 Å². The van der Waals surface area contributed by atoms with Crippen molar-refractivity contribution in [3.63, 3.8) is 0 Å². The van der Waals surface area contributed by atoms with Crippen LogP contribution < -0.4 is 11.4 Å². The van der Waals surface area contributed by atoms with Gasteiger partial charge in [0.15, 0.2) is 6.23 Å². The minimum Gasteiger partial charge on any atom is -0.383 e. The number of phosphoric acid groups is 1. The minimum absolute atomic E-state index is 0.139. The summed E-state index contributed by atoms with van der Waals surface area (Å²) in [6.07, 6.45) is 0.0380. The molecule has 3 heterocycles. The summed E-state index contributed by atoms with van der Waals surface area (Å²) in [5.74, 6) is 0.139. The van der Waals surface area contributed by atoms with Crippen LogP contribution in [0.1, 0.15) is 31.6 Å². The van der Waals surface area contributed by atoms with Crippen LogP contribution in [0.2, 0.25) is 0 Å². The summed E-state index contributed by atoms with van der Waals surface area (Å²) in [5, 5.41) is 0. The quantitative estimate of drug-likeness (QED) is 0.714. The number of ether oxygens (including phenoxy) is 2. The molecule has 2 aliphatic rings. The van der Waals surface area contributed by atoms with Crippen molar-refractivity contribution in [3.05, 3.63) is 22.2 Å². The molecule has 0 aromatic carbocycles. The van der Waals surface area contributed by atoms with Gasteiger partial charge in [0.2, 0.25) is 0 Å². The third-order valence-corrected chi connectivity index (χ3v) is 5.77. The van der Waals surface area contributed by atoms with E-state index in [1.54, 1.807) is 6.92 Å². The molecule has 1 aromatic heterocycles. The zero-order valence-corrected chi connectivity index (χ0v) is 15.1. The lowest BCUT2D eigenvalue weighted by Crippen LogP contribution is -2.49. The largest absolute Gasteiger partial charge is 0.472 e. The van der Waals surface area contributed by atoms with Gasteiger partial charge in [-0.05, 0) is 13.3 Å². The van der Waals surface area contributed by atoms with Gasteiger partial charge in [-0.3, -0.25) is 13.6 Å². The predicted molar refractivity (Wildman–Crippen MR) is 86.9 cm³/mol. The number of nitrogen functional groups attached to an aromatic ring is 1. The van der Waals surface area contributed by atoms with Gasteiger partial charge in [-0.25, -0.2) is 9.36 Å². The van der Waals surface area contributed by atoms with E-state index in [1.165, 1.54) is 10.8 Å². The van der Waals surface area contributed by atoms with Gasteiger partial charge in [-0.15, -0.1) is 0 Å². The Morgan fingerprint density at radius 2 is 2.32 bits per heavy atom. The molecular weight excluding hydrogens is 353 g/mol. The number of aromatic nitrogens is 2. The number of aryl methyl sites for hydroxylation is 1. The summed E-state index contributed by atoms with van der Waals surface area (Å²) >= 11 is 0. The highest BCUT2D eigenvalue weighted by molar-refractivity contribution is 7.47. The summed E-state index contributed by atoms with van der Waals surface area (Å²) in [7, 11) is -3.18. The molecule has 3 N–H and O–H groups in total. The third kappa shape index (κ3) is 3.14. The van der Waals surface area contributed by atoms with Crippen molar-refractivity contribution < 1.29 is 28.0 Å². The van der Waals surface area contributed by atoms with E-state index in [2.05, 4.69) is 9.51 Å². The highest BCUT2D eigenvalue weighted by atomic mass is 31.2. The van der Waals surface area contributed by atoms with Crippen LogP contribution in [-0.4, -0.2) is 46.0 Å². The molecule has 0 spiro atoms. The fourth-order valence-electron chi connectivity index (χ4n) is 3.34. The number of rotatable bonds is 5.